The Morgan fingerprint density at radius 1 is 0.750 bits per heavy atom. The van der Waals surface area contributed by atoms with Gasteiger partial charge < -0.3 is 14.2 Å². The van der Waals surface area contributed by atoms with Crippen LogP contribution >= 0.6 is 0 Å². The topological polar surface area (TPSA) is 9.72 Å². The Morgan fingerprint density at radius 3 is 1.45 bits per heavy atom. The molecule has 0 atom stereocenters. The van der Waals surface area contributed by atoms with E-state index in [-0.39, 0.29) is 0 Å². The van der Waals surface area contributed by atoms with Crippen LogP contribution in [-0.4, -0.2) is 55.9 Å². The molecule has 0 unspecified atom stereocenters. The number of hydrogen-bond acceptors (Lipinski definition) is 3. The van der Waals surface area contributed by atoms with Crippen LogP contribution in [0, 0.1) is 17.8 Å². The van der Waals surface area contributed by atoms with Crippen molar-refractivity contribution in [1.29, 1.82) is 0 Å². The van der Waals surface area contributed by atoms with E-state index >= 15 is 0 Å². The number of hydrogen-bond donors (Lipinski definition) is 0. The van der Waals surface area contributed by atoms with Crippen molar-refractivity contribution in [3.05, 3.63) is 0 Å². The molecule has 0 bridgehead atoms. The van der Waals surface area contributed by atoms with Crippen LogP contribution in [0.25, 0.3) is 0 Å². The second-order valence-electron chi connectivity index (χ2n) is 7.39. The normalized spacial score (nSPS) is 19.0. The minimum Gasteiger partial charge on any atom is -0.365 e. The molecule has 20 heavy (non-hydrogen) atoms. The molecule has 0 aromatic carbocycles. The highest BCUT2D eigenvalue weighted by Gasteiger charge is 2.37. The summed E-state index contributed by atoms with van der Waals surface area (Å²) in [5.41, 5.74) is 0. The fourth-order valence-corrected chi connectivity index (χ4v) is 2.92. The van der Waals surface area contributed by atoms with Crippen molar-refractivity contribution in [3.63, 3.8) is 0 Å². The van der Waals surface area contributed by atoms with Gasteiger partial charge >= 0.3 is 0 Å². The molecule has 1 fully saturated rings. The van der Waals surface area contributed by atoms with Crippen molar-refractivity contribution in [2.75, 3.05) is 19.6 Å². The van der Waals surface area contributed by atoms with Crippen LogP contribution in [0.15, 0.2) is 0 Å². The van der Waals surface area contributed by atoms with Gasteiger partial charge in [-0.3, -0.25) is 0 Å². The Kier molecular flexibility index (Phi) is 7.70. The SMILES string of the molecule is CCB1N(CC(C)C)[B]N(CC(C)C)[B]N1CC(C)C. The third kappa shape index (κ3) is 5.83. The van der Waals surface area contributed by atoms with E-state index in [0.717, 1.165) is 19.6 Å². The fraction of sp³-hybridized carbons (Fsp3) is 1.00. The Bertz CT molecular complexity index is 254. The molecule has 0 amide bonds. The van der Waals surface area contributed by atoms with Crippen LogP contribution in [-0.2, 0) is 0 Å². The van der Waals surface area contributed by atoms with Crippen molar-refractivity contribution in [2.45, 2.75) is 54.8 Å². The van der Waals surface area contributed by atoms with Crippen LogP contribution in [0.2, 0.25) is 6.32 Å². The second kappa shape index (κ2) is 8.50. The largest absolute Gasteiger partial charge is 0.365 e. The quantitative estimate of drug-likeness (QED) is 0.661. The minimum absolute atomic E-state index is 0.517. The maximum atomic E-state index is 2.54. The number of nitrogens with zero attached hydrogens (tertiary/aromatic N) is 3. The van der Waals surface area contributed by atoms with Gasteiger partial charge in [-0.2, -0.15) is 0 Å². The first kappa shape index (κ1) is 18.1. The summed E-state index contributed by atoms with van der Waals surface area (Å²) in [5.74, 6) is 2.07. The Morgan fingerprint density at radius 2 is 1.15 bits per heavy atom. The fourth-order valence-electron chi connectivity index (χ4n) is 2.92. The highest BCUT2D eigenvalue weighted by atomic mass is 15.3. The third-order valence-electron chi connectivity index (χ3n) is 3.45. The predicted octanol–water partition coefficient (Wildman–Crippen LogP) is 2.45. The molecular weight excluding hydrogens is 243 g/mol. The zero-order chi connectivity index (χ0) is 15.3. The van der Waals surface area contributed by atoms with Crippen LogP contribution in [0.1, 0.15) is 48.5 Å². The van der Waals surface area contributed by atoms with Gasteiger partial charge in [0.05, 0.1) is 0 Å². The van der Waals surface area contributed by atoms with E-state index in [1.165, 1.54) is 6.32 Å². The highest BCUT2D eigenvalue weighted by molar-refractivity contribution is 6.74. The minimum atomic E-state index is 0.517. The molecule has 0 spiro atoms. The van der Waals surface area contributed by atoms with E-state index in [2.05, 4.69) is 77.7 Å². The van der Waals surface area contributed by atoms with E-state index in [1.807, 2.05) is 0 Å². The van der Waals surface area contributed by atoms with Gasteiger partial charge in [0.25, 0.3) is 22.1 Å². The summed E-state index contributed by atoms with van der Waals surface area (Å²) in [6.07, 6.45) is 1.17. The zero-order valence-corrected chi connectivity index (χ0v) is 14.6. The van der Waals surface area contributed by atoms with Crippen LogP contribution in [0.5, 0.6) is 0 Å². The summed E-state index contributed by atoms with van der Waals surface area (Å²) in [6, 6.07) is 0. The first-order valence-corrected chi connectivity index (χ1v) is 8.30. The molecule has 0 aromatic heterocycles. The van der Waals surface area contributed by atoms with Crippen molar-refractivity contribution < 1.29 is 0 Å². The lowest BCUT2D eigenvalue weighted by atomic mass is 9.55. The average Bonchev–Trinajstić information content (AvgIpc) is 2.26. The summed E-state index contributed by atoms with van der Waals surface area (Å²) >= 11 is 0. The lowest BCUT2D eigenvalue weighted by Crippen LogP contribution is -2.68. The molecular formula is C14H32B3N3. The molecule has 2 radical (unpaired) electrons. The summed E-state index contributed by atoms with van der Waals surface area (Å²) in [6.45, 7) is 20.0. The monoisotopic (exact) mass is 275 g/mol. The maximum Gasteiger partial charge on any atom is 0.290 e. The van der Waals surface area contributed by atoms with Gasteiger partial charge in [-0.1, -0.05) is 48.5 Å². The lowest BCUT2D eigenvalue weighted by molar-refractivity contribution is 0.384. The van der Waals surface area contributed by atoms with Gasteiger partial charge in [-0.05, 0) is 43.7 Å². The van der Waals surface area contributed by atoms with Crippen molar-refractivity contribution in [3.8, 4) is 0 Å². The molecule has 3 nitrogen and oxygen atoms in total. The summed E-state index contributed by atoms with van der Waals surface area (Å²) < 4.78 is 7.45. The summed E-state index contributed by atoms with van der Waals surface area (Å²) in [5, 5.41) is 0. The first-order chi connectivity index (χ1) is 9.33. The Balaban J connectivity index is 2.78. The lowest BCUT2D eigenvalue weighted by Gasteiger charge is -2.47. The highest BCUT2D eigenvalue weighted by Crippen LogP contribution is 2.16. The van der Waals surface area contributed by atoms with E-state index in [0.29, 0.717) is 24.7 Å². The van der Waals surface area contributed by atoms with Crippen molar-refractivity contribution >= 4 is 22.1 Å². The van der Waals surface area contributed by atoms with E-state index in [4.69, 9.17) is 0 Å². The molecule has 1 aliphatic heterocycles. The average molecular weight is 275 g/mol. The molecule has 6 heteroatoms. The van der Waals surface area contributed by atoms with Gasteiger partial charge in [-0.15, -0.1) is 0 Å². The molecule has 1 saturated heterocycles. The van der Waals surface area contributed by atoms with Crippen LogP contribution in [0.4, 0.5) is 0 Å². The van der Waals surface area contributed by atoms with Crippen LogP contribution in [0.3, 0.4) is 0 Å². The predicted molar refractivity (Wildman–Crippen MR) is 92.4 cm³/mol. The van der Waals surface area contributed by atoms with Gasteiger partial charge in [0.1, 0.15) is 0 Å². The van der Waals surface area contributed by atoms with Gasteiger partial charge in [0.2, 0.25) is 0 Å². The van der Waals surface area contributed by atoms with Crippen molar-refractivity contribution in [1.82, 2.24) is 14.2 Å². The van der Waals surface area contributed by atoms with E-state index in [9.17, 15) is 0 Å². The Hall–Kier alpha value is 0.0748. The summed E-state index contributed by atoms with van der Waals surface area (Å²) in [7, 11) is 4.68. The molecule has 1 heterocycles. The molecule has 0 N–H and O–H groups in total. The molecule has 0 saturated carbocycles. The standard InChI is InChI=1S/C14H32B3N3/c1-8-17-19(10-13(4)5)15-18(9-12(2)3)16-20(17)11-14(6)7/h12-14H,8-11H2,1-7H3. The zero-order valence-electron chi connectivity index (χ0n) is 14.6. The Labute approximate surface area is 129 Å². The maximum absolute atomic E-state index is 2.54. The van der Waals surface area contributed by atoms with Gasteiger partial charge in [-0.25, -0.2) is 0 Å². The van der Waals surface area contributed by atoms with E-state index in [1.54, 1.807) is 0 Å². The third-order valence-corrected chi connectivity index (χ3v) is 3.45. The van der Waals surface area contributed by atoms with Gasteiger partial charge in [0.15, 0.2) is 0 Å². The second-order valence-corrected chi connectivity index (χ2v) is 7.39. The van der Waals surface area contributed by atoms with Crippen molar-refractivity contribution in [2.24, 2.45) is 17.8 Å². The molecule has 0 aliphatic carbocycles. The first-order valence-electron chi connectivity index (χ1n) is 8.30. The molecule has 0 aromatic rings. The molecule has 1 rings (SSSR count). The smallest absolute Gasteiger partial charge is 0.290 e. The summed E-state index contributed by atoms with van der Waals surface area (Å²) in [4.78, 5) is 0. The molecule has 112 valence electrons. The van der Waals surface area contributed by atoms with E-state index < -0.39 is 0 Å². The van der Waals surface area contributed by atoms with Gasteiger partial charge in [0, 0.05) is 0 Å². The number of rotatable bonds is 7. The molecule has 1 aliphatic rings. The van der Waals surface area contributed by atoms with Crippen LogP contribution < -0.4 is 0 Å².